The van der Waals surface area contributed by atoms with E-state index in [4.69, 9.17) is 0 Å². The SMILES string of the molecule is Cc1ncc(S(=O)(=O)N(C)CC(=O)N2CCCC2)[nH]1. The summed E-state index contributed by atoms with van der Waals surface area (Å²) in [5, 5.41) is 0.0155. The summed E-state index contributed by atoms with van der Waals surface area (Å²) in [6.45, 7) is 2.97. The molecule has 0 bridgehead atoms. The number of nitrogens with zero attached hydrogens (tertiary/aromatic N) is 3. The van der Waals surface area contributed by atoms with Crippen LogP contribution in [0.4, 0.5) is 0 Å². The second kappa shape index (κ2) is 5.30. The monoisotopic (exact) mass is 286 g/mol. The number of nitrogens with one attached hydrogen (secondary N) is 1. The Balaban J connectivity index is 2.06. The van der Waals surface area contributed by atoms with E-state index in [-0.39, 0.29) is 17.5 Å². The van der Waals surface area contributed by atoms with E-state index in [2.05, 4.69) is 9.97 Å². The van der Waals surface area contributed by atoms with Crippen LogP contribution in [0.3, 0.4) is 0 Å². The molecule has 1 fully saturated rings. The Morgan fingerprint density at radius 3 is 2.63 bits per heavy atom. The van der Waals surface area contributed by atoms with Gasteiger partial charge in [0.1, 0.15) is 5.82 Å². The Hall–Kier alpha value is -1.41. The Morgan fingerprint density at radius 1 is 1.47 bits per heavy atom. The van der Waals surface area contributed by atoms with Crippen LogP contribution in [0.25, 0.3) is 0 Å². The predicted molar refractivity (Wildman–Crippen MR) is 69.0 cm³/mol. The fourth-order valence-electron chi connectivity index (χ4n) is 2.04. The maximum absolute atomic E-state index is 12.2. The first-order chi connectivity index (χ1) is 8.91. The van der Waals surface area contributed by atoms with Crippen molar-refractivity contribution in [2.75, 3.05) is 26.7 Å². The van der Waals surface area contributed by atoms with Crippen LogP contribution in [-0.4, -0.2) is 60.2 Å². The molecule has 1 amide bonds. The number of carbonyl (C=O) groups is 1. The highest BCUT2D eigenvalue weighted by molar-refractivity contribution is 7.89. The summed E-state index contributed by atoms with van der Waals surface area (Å²) >= 11 is 0. The van der Waals surface area contributed by atoms with Gasteiger partial charge in [-0.25, -0.2) is 13.4 Å². The van der Waals surface area contributed by atoms with Gasteiger partial charge in [0.2, 0.25) is 5.91 Å². The largest absolute Gasteiger partial charge is 0.342 e. The zero-order chi connectivity index (χ0) is 14.0. The first-order valence-corrected chi connectivity index (χ1v) is 7.61. The van der Waals surface area contributed by atoms with E-state index >= 15 is 0 Å². The molecule has 7 nitrogen and oxygen atoms in total. The number of likely N-dealkylation sites (tertiary alicyclic amines) is 1. The second-order valence-corrected chi connectivity index (χ2v) is 6.70. The van der Waals surface area contributed by atoms with Crippen molar-refractivity contribution in [2.45, 2.75) is 24.8 Å². The fourth-order valence-corrected chi connectivity index (χ4v) is 3.12. The fraction of sp³-hybridized carbons (Fsp3) is 0.636. The van der Waals surface area contributed by atoms with Crippen LogP contribution in [0.15, 0.2) is 11.2 Å². The molecule has 0 aliphatic carbocycles. The summed E-state index contributed by atoms with van der Waals surface area (Å²) in [6.07, 6.45) is 3.24. The zero-order valence-corrected chi connectivity index (χ0v) is 11.9. The summed E-state index contributed by atoms with van der Waals surface area (Å²) in [7, 11) is -2.27. The highest BCUT2D eigenvalue weighted by Crippen LogP contribution is 2.13. The quantitative estimate of drug-likeness (QED) is 0.841. The van der Waals surface area contributed by atoms with E-state index in [0.717, 1.165) is 30.2 Å². The maximum Gasteiger partial charge on any atom is 0.260 e. The molecular weight excluding hydrogens is 268 g/mol. The van der Waals surface area contributed by atoms with Crippen molar-refractivity contribution in [1.82, 2.24) is 19.2 Å². The predicted octanol–water partition coefficient (Wildman–Crippen LogP) is -0.0390. The molecule has 1 aliphatic rings. The van der Waals surface area contributed by atoms with Gasteiger partial charge in [0.05, 0.1) is 12.7 Å². The van der Waals surface area contributed by atoms with Gasteiger partial charge in [0.25, 0.3) is 10.0 Å². The Bertz CT molecular complexity index is 560. The number of carbonyl (C=O) groups excluding carboxylic acids is 1. The van der Waals surface area contributed by atoms with Crippen LogP contribution in [0.2, 0.25) is 0 Å². The van der Waals surface area contributed by atoms with Crippen molar-refractivity contribution in [1.29, 1.82) is 0 Å². The van der Waals surface area contributed by atoms with Crippen molar-refractivity contribution in [3.8, 4) is 0 Å². The number of rotatable bonds is 4. The van der Waals surface area contributed by atoms with Crippen molar-refractivity contribution >= 4 is 15.9 Å². The van der Waals surface area contributed by atoms with E-state index in [1.165, 1.54) is 13.2 Å². The molecule has 1 aromatic heterocycles. The third-order valence-corrected chi connectivity index (χ3v) is 4.90. The van der Waals surface area contributed by atoms with Gasteiger partial charge < -0.3 is 9.88 Å². The topological polar surface area (TPSA) is 86.4 Å². The number of amides is 1. The lowest BCUT2D eigenvalue weighted by Crippen LogP contribution is -2.39. The molecule has 0 saturated carbocycles. The van der Waals surface area contributed by atoms with Crippen molar-refractivity contribution < 1.29 is 13.2 Å². The number of H-pyrrole nitrogens is 1. The smallest absolute Gasteiger partial charge is 0.260 e. The van der Waals surface area contributed by atoms with Crippen molar-refractivity contribution in [2.24, 2.45) is 0 Å². The lowest BCUT2D eigenvalue weighted by Gasteiger charge is -2.20. The second-order valence-electron chi connectivity index (χ2n) is 4.68. The molecule has 1 aliphatic heterocycles. The molecule has 0 aromatic carbocycles. The van der Waals surface area contributed by atoms with E-state index in [0.29, 0.717) is 5.82 Å². The molecule has 0 spiro atoms. The summed E-state index contributed by atoms with van der Waals surface area (Å²) in [6, 6.07) is 0. The minimum Gasteiger partial charge on any atom is -0.342 e. The minimum absolute atomic E-state index is 0.0155. The average molecular weight is 286 g/mol. The van der Waals surface area contributed by atoms with Gasteiger partial charge in [-0.2, -0.15) is 4.31 Å². The summed E-state index contributed by atoms with van der Waals surface area (Å²) in [5.74, 6) is 0.373. The van der Waals surface area contributed by atoms with E-state index in [1.54, 1.807) is 11.8 Å². The Kier molecular flexibility index (Phi) is 3.91. The summed E-state index contributed by atoms with van der Waals surface area (Å²) < 4.78 is 25.4. The Labute approximate surface area is 112 Å². The van der Waals surface area contributed by atoms with Gasteiger partial charge in [0.15, 0.2) is 5.03 Å². The molecule has 0 unspecified atom stereocenters. The number of likely N-dealkylation sites (N-methyl/N-ethyl adjacent to an activating group) is 1. The molecular formula is C11H18N4O3S. The Morgan fingerprint density at radius 2 is 2.11 bits per heavy atom. The zero-order valence-electron chi connectivity index (χ0n) is 11.1. The highest BCUT2D eigenvalue weighted by atomic mass is 32.2. The first kappa shape index (κ1) is 14.0. The number of aryl methyl sites for hydroxylation is 1. The van der Waals surface area contributed by atoms with Crippen LogP contribution in [0, 0.1) is 6.92 Å². The number of hydrogen-bond acceptors (Lipinski definition) is 4. The van der Waals surface area contributed by atoms with Gasteiger partial charge in [-0.15, -0.1) is 0 Å². The molecule has 0 radical (unpaired) electrons. The normalized spacial score (nSPS) is 16.3. The van der Waals surface area contributed by atoms with Crippen LogP contribution in [-0.2, 0) is 14.8 Å². The van der Waals surface area contributed by atoms with Gasteiger partial charge in [-0.3, -0.25) is 4.79 Å². The highest BCUT2D eigenvalue weighted by Gasteiger charge is 2.27. The third-order valence-electron chi connectivity index (χ3n) is 3.18. The molecule has 1 N–H and O–H groups in total. The lowest BCUT2D eigenvalue weighted by atomic mass is 10.4. The number of aromatic amines is 1. The number of imidazole rings is 1. The molecule has 8 heteroatoms. The van der Waals surface area contributed by atoms with Crippen LogP contribution in [0.5, 0.6) is 0 Å². The molecule has 2 heterocycles. The van der Waals surface area contributed by atoms with Crippen molar-refractivity contribution in [3.63, 3.8) is 0 Å². The molecule has 19 heavy (non-hydrogen) atoms. The van der Waals surface area contributed by atoms with Crippen LogP contribution < -0.4 is 0 Å². The molecule has 106 valence electrons. The van der Waals surface area contributed by atoms with E-state index < -0.39 is 10.0 Å². The standard InChI is InChI=1S/C11H18N4O3S/c1-9-12-7-10(13-9)19(17,18)14(2)8-11(16)15-5-3-4-6-15/h7H,3-6,8H2,1-2H3,(H,12,13). The molecule has 1 saturated heterocycles. The molecule has 1 aromatic rings. The third kappa shape index (κ3) is 2.95. The lowest BCUT2D eigenvalue weighted by molar-refractivity contribution is -0.130. The average Bonchev–Trinajstić information content (AvgIpc) is 2.99. The van der Waals surface area contributed by atoms with Gasteiger partial charge in [-0.05, 0) is 19.8 Å². The van der Waals surface area contributed by atoms with Gasteiger partial charge in [0, 0.05) is 20.1 Å². The van der Waals surface area contributed by atoms with Crippen molar-refractivity contribution in [3.05, 3.63) is 12.0 Å². The van der Waals surface area contributed by atoms with Gasteiger partial charge >= 0.3 is 0 Å². The minimum atomic E-state index is -3.67. The van der Waals surface area contributed by atoms with Crippen LogP contribution in [0.1, 0.15) is 18.7 Å². The summed E-state index contributed by atoms with van der Waals surface area (Å²) in [5.41, 5.74) is 0. The molecule has 2 rings (SSSR count). The van der Waals surface area contributed by atoms with Crippen LogP contribution >= 0.6 is 0 Å². The summed E-state index contributed by atoms with van der Waals surface area (Å²) in [4.78, 5) is 20.2. The van der Waals surface area contributed by atoms with Gasteiger partial charge in [-0.1, -0.05) is 0 Å². The maximum atomic E-state index is 12.2. The number of sulfonamides is 1. The number of aromatic nitrogens is 2. The first-order valence-electron chi connectivity index (χ1n) is 6.17. The van der Waals surface area contributed by atoms with E-state index in [1.807, 2.05) is 0 Å². The number of hydrogen-bond donors (Lipinski definition) is 1. The van der Waals surface area contributed by atoms with E-state index in [9.17, 15) is 13.2 Å². The molecule has 0 atom stereocenters.